The quantitative estimate of drug-likeness (QED) is 0.803. The maximum atomic E-state index is 5.84. The first-order valence-electron chi connectivity index (χ1n) is 5.23. The molecule has 1 heterocycles. The van der Waals surface area contributed by atoms with Crippen molar-refractivity contribution in [3.8, 4) is 0 Å². The van der Waals surface area contributed by atoms with Crippen LogP contribution in [0.1, 0.15) is 25.7 Å². The molecule has 0 amide bonds. The number of aromatic nitrogens is 2. The van der Waals surface area contributed by atoms with E-state index in [1.54, 1.807) is 6.07 Å². The number of nitrogens with zero attached hydrogens (tertiary/aromatic N) is 2. The third kappa shape index (κ3) is 3.77. The summed E-state index contributed by atoms with van der Waals surface area (Å²) in [5.74, 6) is 0.801. The van der Waals surface area contributed by atoms with Gasteiger partial charge >= 0.3 is 0 Å². The molecule has 6 heteroatoms. The standard InChI is InChI=1S/C10H15ClN4.ClH/c11-9-5-10(14-6-13-9)15-8-3-1-7(12)2-4-8;/h5-8H,1-4,12H2,(H,13,14,15);1H. The number of nitrogens with two attached hydrogens (primary N) is 1. The molecule has 0 aliphatic heterocycles. The van der Waals surface area contributed by atoms with E-state index >= 15 is 0 Å². The third-order valence-corrected chi connectivity index (χ3v) is 2.96. The first-order chi connectivity index (χ1) is 7.24. The Hall–Kier alpha value is -0.580. The van der Waals surface area contributed by atoms with E-state index in [1.807, 2.05) is 0 Å². The number of hydrogen-bond acceptors (Lipinski definition) is 4. The molecule has 1 fully saturated rings. The largest absolute Gasteiger partial charge is 0.367 e. The van der Waals surface area contributed by atoms with E-state index < -0.39 is 0 Å². The maximum Gasteiger partial charge on any atom is 0.134 e. The Balaban J connectivity index is 0.00000128. The van der Waals surface area contributed by atoms with Gasteiger partial charge in [0.1, 0.15) is 17.3 Å². The topological polar surface area (TPSA) is 63.8 Å². The van der Waals surface area contributed by atoms with E-state index in [4.69, 9.17) is 17.3 Å². The van der Waals surface area contributed by atoms with Gasteiger partial charge in [-0.1, -0.05) is 11.6 Å². The monoisotopic (exact) mass is 262 g/mol. The predicted octanol–water partition coefficient (Wildman–Crippen LogP) is 2.23. The van der Waals surface area contributed by atoms with Crippen molar-refractivity contribution in [1.82, 2.24) is 9.97 Å². The van der Waals surface area contributed by atoms with Crippen molar-refractivity contribution in [3.05, 3.63) is 17.5 Å². The summed E-state index contributed by atoms with van der Waals surface area (Å²) in [5.41, 5.74) is 5.84. The van der Waals surface area contributed by atoms with Gasteiger partial charge in [0.2, 0.25) is 0 Å². The first kappa shape index (κ1) is 13.5. The molecule has 0 spiro atoms. The summed E-state index contributed by atoms with van der Waals surface area (Å²) in [4.78, 5) is 7.95. The molecule has 2 rings (SSSR count). The van der Waals surface area contributed by atoms with E-state index in [0.717, 1.165) is 31.5 Å². The lowest BCUT2D eigenvalue weighted by atomic mass is 9.92. The minimum absolute atomic E-state index is 0. The van der Waals surface area contributed by atoms with Gasteiger partial charge in [-0.3, -0.25) is 0 Å². The number of nitrogens with one attached hydrogen (secondary N) is 1. The Morgan fingerprint density at radius 3 is 2.56 bits per heavy atom. The van der Waals surface area contributed by atoms with Crippen molar-refractivity contribution < 1.29 is 0 Å². The van der Waals surface area contributed by atoms with Gasteiger partial charge in [0.15, 0.2) is 0 Å². The lowest BCUT2D eigenvalue weighted by Gasteiger charge is -2.27. The van der Waals surface area contributed by atoms with E-state index in [9.17, 15) is 0 Å². The van der Waals surface area contributed by atoms with Crippen LogP contribution in [0.2, 0.25) is 5.15 Å². The molecule has 1 aromatic rings. The van der Waals surface area contributed by atoms with Crippen LogP contribution in [0.5, 0.6) is 0 Å². The lowest BCUT2D eigenvalue weighted by molar-refractivity contribution is 0.410. The summed E-state index contributed by atoms with van der Waals surface area (Å²) in [5, 5.41) is 3.82. The smallest absolute Gasteiger partial charge is 0.134 e. The second-order valence-electron chi connectivity index (χ2n) is 3.98. The highest BCUT2D eigenvalue weighted by molar-refractivity contribution is 6.29. The molecule has 0 atom stereocenters. The van der Waals surface area contributed by atoms with Gasteiger partial charge in [0.05, 0.1) is 0 Å². The van der Waals surface area contributed by atoms with Gasteiger partial charge in [-0.15, -0.1) is 12.4 Å². The molecule has 0 aromatic carbocycles. The van der Waals surface area contributed by atoms with Gasteiger partial charge in [-0.05, 0) is 25.7 Å². The minimum atomic E-state index is 0. The van der Waals surface area contributed by atoms with E-state index in [1.165, 1.54) is 6.33 Å². The highest BCUT2D eigenvalue weighted by Crippen LogP contribution is 2.20. The van der Waals surface area contributed by atoms with E-state index in [0.29, 0.717) is 17.2 Å². The molecule has 0 saturated heterocycles. The highest BCUT2D eigenvalue weighted by Gasteiger charge is 2.18. The molecule has 0 unspecified atom stereocenters. The van der Waals surface area contributed by atoms with E-state index in [2.05, 4.69) is 15.3 Å². The van der Waals surface area contributed by atoms with E-state index in [-0.39, 0.29) is 12.4 Å². The second-order valence-corrected chi connectivity index (χ2v) is 4.37. The molecule has 16 heavy (non-hydrogen) atoms. The van der Waals surface area contributed by atoms with Crippen LogP contribution in [0, 0.1) is 0 Å². The van der Waals surface area contributed by atoms with Gasteiger partial charge in [-0.2, -0.15) is 0 Å². The Labute approximate surface area is 106 Å². The molecule has 1 aromatic heterocycles. The molecular weight excluding hydrogens is 247 g/mol. The minimum Gasteiger partial charge on any atom is -0.367 e. The number of hydrogen-bond donors (Lipinski definition) is 2. The molecule has 4 nitrogen and oxygen atoms in total. The normalized spacial score (nSPS) is 24.6. The van der Waals surface area contributed by atoms with Crippen LogP contribution in [0.15, 0.2) is 12.4 Å². The number of anilines is 1. The van der Waals surface area contributed by atoms with Crippen molar-refractivity contribution in [2.75, 3.05) is 5.32 Å². The van der Waals surface area contributed by atoms with Crippen LogP contribution in [-0.4, -0.2) is 22.1 Å². The van der Waals surface area contributed by atoms with Gasteiger partial charge < -0.3 is 11.1 Å². The summed E-state index contributed by atoms with van der Waals surface area (Å²) in [6.45, 7) is 0. The Morgan fingerprint density at radius 1 is 1.25 bits per heavy atom. The summed E-state index contributed by atoms with van der Waals surface area (Å²) in [7, 11) is 0. The fraction of sp³-hybridized carbons (Fsp3) is 0.600. The molecule has 90 valence electrons. The molecule has 1 aliphatic carbocycles. The van der Waals surface area contributed by atoms with Crippen LogP contribution in [0.25, 0.3) is 0 Å². The molecule has 0 radical (unpaired) electrons. The highest BCUT2D eigenvalue weighted by atomic mass is 35.5. The predicted molar refractivity (Wildman–Crippen MR) is 68.1 cm³/mol. The molecule has 3 N–H and O–H groups in total. The summed E-state index contributed by atoms with van der Waals surface area (Å²) < 4.78 is 0. The number of rotatable bonds is 2. The SMILES string of the molecule is Cl.NC1CCC(Nc2cc(Cl)ncn2)CC1. The van der Waals surface area contributed by atoms with Gasteiger partial charge in [0.25, 0.3) is 0 Å². The summed E-state index contributed by atoms with van der Waals surface area (Å²) >= 11 is 5.77. The van der Waals surface area contributed by atoms with Gasteiger partial charge in [-0.25, -0.2) is 9.97 Å². The summed E-state index contributed by atoms with van der Waals surface area (Å²) in [6.07, 6.45) is 5.83. The lowest BCUT2D eigenvalue weighted by Crippen LogP contribution is -2.33. The van der Waals surface area contributed by atoms with Crippen molar-refractivity contribution in [2.24, 2.45) is 5.73 Å². The average molecular weight is 263 g/mol. The van der Waals surface area contributed by atoms with Crippen LogP contribution in [-0.2, 0) is 0 Å². The average Bonchev–Trinajstić information content (AvgIpc) is 2.22. The fourth-order valence-corrected chi connectivity index (χ4v) is 2.03. The van der Waals surface area contributed by atoms with Crippen LogP contribution in [0.4, 0.5) is 5.82 Å². The van der Waals surface area contributed by atoms with Gasteiger partial charge in [0, 0.05) is 18.2 Å². The van der Waals surface area contributed by atoms with Crippen LogP contribution in [0.3, 0.4) is 0 Å². The Kier molecular flexibility index (Phi) is 5.25. The Morgan fingerprint density at radius 2 is 1.94 bits per heavy atom. The first-order valence-corrected chi connectivity index (χ1v) is 5.61. The van der Waals surface area contributed by atoms with Crippen molar-refractivity contribution in [3.63, 3.8) is 0 Å². The zero-order chi connectivity index (χ0) is 10.7. The summed E-state index contributed by atoms with van der Waals surface area (Å²) in [6, 6.07) is 2.59. The van der Waals surface area contributed by atoms with Crippen LogP contribution >= 0.6 is 24.0 Å². The zero-order valence-electron chi connectivity index (χ0n) is 8.90. The van der Waals surface area contributed by atoms with Crippen molar-refractivity contribution in [1.29, 1.82) is 0 Å². The van der Waals surface area contributed by atoms with Crippen LogP contribution < -0.4 is 11.1 Å². The third-order valence-electron chi connectivity index (χ3n) is 2.76. The maximum absolute atomic E-state index is 5.84. The molecule has 0 bridgehead atoms. The number of halogens is 2. The van der Waals surface area contributed by atoms with Crippen molar-refractivity contribution in [2.45, 2.75) is 37.8 Å². The Bertz CT molecular complexity index is 326. The van der Waals surface area contributed by atoms with Crippen molar-refractivity contribution >= 4 is 29.8 Å². The second kappa shape index (κ2) is 6.23. The fourth-order valence-electron chi connectivity index (χ4n) is 1.89. The molecule has 1 saturated carbocycles. The molecular formula is C10H16Cl2N4. The molecule has 1 aliphatic rings. The zero-order valence-corrected chi connectivity index (χ0v) is 10.5.